The van der Waals surface area contributed by atoms with Gasteiger partial charge >= 0.3 is 0 Å². The number of nitrogens with one attached hydrogen (secondary N) is 1. The minimum atomic E-state index is 0.102. The number of pyridine rings is 1. The quantitative estimate of drug-likeness (QED) is 0.655. The lowest BCUT2D eigenvalue weighted by atomic mass is 9.94. The minimum absolute atomic E-state index is 0.102. The second kappa shape index (κ2) is 6.02. The molecule has 2 heterocycles. The molecule has 0 bridgehead atoms. The van der Waals surface area contributed by atoms with E-state index in [4.69, 9.17) is 20.9 Å². The number of fused-ring (bicyclic) bond motifs is 1. The zero-order chi connectivity index (χ0) is 14.8. The molecule has 21 heavy (non-hydrogen) atoms. The number of nitrogens with two attached hydrogens (primary N) is 1. The molecule has 3 N–H and O–H groups in total. The van der Waals surface area contributed by atoms with E-state index in [0.717, 1.165) is 50.2 Å². The van der Waals surface area contributed by atoms with Gasteiger partial charge in [0.15, 0.2) is 0 Å². The van der Waals surface area contributed by atoms with Gasteiger partial charge in [0.25, 0.3) is 0 Å². The van der Waals surface area contributed by atoms with Crippen LogP contribution in [0.1, 0.15) is 42.5 Å². The van der Waals surface area contributed by atoms with E-state index in [1.54, 1.807) is 0 Å². The maximum atomic E-state index is 7.85. The van der Waals surface area contributed by atoms with E-state index in [1.807, 2.05) is 7.05 Å². The van der Waals surface area contributed by atoms with Gasteiger partial charge in [0, 0.05) is 25.9 Å². The van der Waals surface area contributed by atoms with Crippen molar-refractivity contribution in [2.45, 2.75) is 44.6 Å². The largest absolute Gasteiger partial charge is 0.384 e. The summed E-state index contributed by atoms with van der Waals surface area (Å²) in [7, 11) is 2.02. The molecule has 1 aliphatic carbocycles. The van der Waals surface area contributed by atoms with Gasteiger partial charge in [-0.2, -0.15) is 0 Å². The summed E-state index contributed by atoms with van der Waals surface area (Å²) in [6.45, 7) is 1.67. The lowest BCUT2D eigenvalue weighted by Crippen LogP contribution is -2.32. The second-order valence-electron chi connectivity index (χ2n) is 6.10. The molecular weight excluding hydrogens is 264 g/mol. The number of nitrogens with zero attached hydrogens (tertiary/aromatic N) is 2. The van der Waals surface area contributed by atoms with Gasteiger partial charge in [0.05, 0.1) is 11.7 Å². The highest BCUT2D eigenvalue weighted by atomic mass is 16.5. The lowest BCUT2D eigenvalue weighted by Gasteiger charge is -2.26. The molecule has 0 amide bonds. The van der Waals surface area contributed by atoms with Crippen LogP contribution >= 0.6 is 0 Å². The molecule has 1 aliphatic heterocycles. The zero-order valence-electron chi connectivity index (χ0n) is 12.7. The number of nitrogen functional groups attached to an aromatic ring is 1. The van der Waals surface area contributed by atoms with Crippen molar-refractivity contribution in [3.63, 3.8) is 0 Å². The summed E-state index contributed by atoms with van der Waals surface area (Å²) < 4.78 is 5.70. The number of aromatic nitrogens is 1. The van der Waals surface area contributed by atoms with Crippen LogP contribution < -0.4 is 10.6 Å². The highest BCUT2D eigenvalue weighted by Gasteiger charge is 2.22. The monoisotopic (exact) mass is 288 g/mol. The Morgan fingerprint density at radius 1 is 1.43 bits per heavy atom. The number of aryl methyl sites for hydroxylation is 2. The van der Waals surface area contributed by atoms with E-state index in [1.165, 1.54) is 24.1 Å². The fraction of sp³-hybridized carbons (Fsp3) is 0.625. The zero-order valence-corrected chi connectivity index (χ0v) is 12.7. The van der Waals surface area contributed by atoms with Crippen LogP contribution in [0.2, 0.25) is 0 Å². The summed E-state index contributed by atoms with van der Waals surface area (Å²) in [5, 5.41) is 7.85. The van der Waals surface area contributed by atoms with Crippen LogP contribution in [0.4, 0.5) is 5.82 Å². The van der Waals surface area contributed by atoms with Crippen molar-refractivity contribution in [1.82, 2.24) is 4.98 Å². The van der Waals surface area contributed by atoms with E-state index in [2.05, 4.69) is 11.0 Å². The van der Waals surface area contributed by atoms with Crippen LogP contribution in [-0.4, -0.2) is 37.1 Å². The standard InChI is InChI=1S/C16H24N4O/c1-20(10-12-6-4-8-21-12)16-13(15(17)18)9-11-5-2-3-7-14(11)19-16/h9,12H,2-8,10H2,1H3,(H3,17,18). The van der Waals surface area contributed by atoms with Crippen LogP contribution in [0.5, 0.6) is 0 Å². The Labute approximate surface area is 126 Å². The highest BCUT2D eigenvalue weighted by Crippen LogP contribution is 2.27. The summed E-state index contributed by atoms with van der Waals surface area (Å²) in [5.74, 6) is 0.934. The SMILES string of the molecule is CN(CC1CCCO1)c1nc2c(cc1C(=N)N)CCCC2. The number of likely N-dealkylation sites (N-methyl/N-ethyl adjacent to an activating group) is 1. The van der Waals surface area contributed by atoms with Gasteiger partial charge in [-0.3, -0.25) is 5.41 Å². The first-order chi connectivity index (χ1) is 10.1. The Hall–Kier alpha value is -1.62. The first-order valence-corrected chi connectivity index (χ1v) is 7.85. The average Bonchev–Trinajstić information content (AvgIpc) is 2.98. The molecule has 0 radical (unpaired) electrons. The molecule has 0 aromatic carbocycles. The van der Waals surface area contributed by atoms with Crippen LogP contribution in [-0.2, 0) is 17.6 Å². The summed E-state index contributed by atoms with van der Waals surface area (Å²) in [6, 6.07) is 2.07. The molecule has 1 fully saturated rings. The molecule has 1 saturated heterocycles. The second-order valence-corrected chi connectivity index (χ2v) is 6.10. The third-order valence-corrected chi connectivity index (χ3v) is 4.43. The van der Waals surface area contributed by atoms with E-state index in [-0.39, 0.29) is 11.9 Å². The molecular formula is C16H24N4O. The van der Waals surface area contributed by atoms with Gasteiger partial charge in [0.2, 0.25) is 0 Å². The summed E-state index contributed by atoms with van der Waals surface area (Å²) in [6.07, 6.45) is 7.01. The third-order valence-electron chi connectivity index (χ3n) is 4.43. The van der Waals surface area contributed by atoms with Crippen molar-refractivity contribution in [2.75, 3.05) is 25.1 Å². The van der Waals surface area contributed by atoms with Crippen molar-refractivity contribution < 1.29 is 4.74 Å². The first-order valence-electron chi connectivity index (χ1n) is 7.85. The van der Waals surface area contributed by atoms with Crippen molar-refractivity contribution >= 4 is 11.7 Å². The topological polar surface area (TPSA) is 75.2 Å². The molecule has 0 spiro atoms. The van der Waals surface area contributed by atoms with Crippen LogP contribution in [0.3, 0.4) is 0 Å². The van der Waals surface area contributed by atoms with E-state index >= 15 is 0 Å². The molecule has 3 rings (SSSR count). The molecule has 5 nitrogen and oxygen atoms in total. The van der Waals surface area contributed by atoms with Crippen LogP contribution in [0.15, 0.2) is 6.07 Å². The van der Waals surface area contributed by atoms with Crippen molar-refractivity contribution in [3.8, 4) is 0 Å². The van der Waals surface area contributed by atoms with Crippen LogP contribution in [0, 0.1) is 5.41 Å². The molecule has 2 aliphatic rings. The summed E-state index contributed by atoms with van der Waals surface area (Å²) in [4.78, 5) is 6.92. The number of amidine groups is 1. The average molecular weight is 288 g/mol. The fourth-order valence-corrected chi connectivity index (χ4v) is 3.29. The molecule has 114 valence electrons. The molecule has 0 saturated carbocycles. The van der Waals surface area contributed by atoms with Gasteiger partial charge in [-0.05, 0) is 50.2 Å². The predicted molar refractivity (Wildman–Crippen MR) is 84.1 cm³/mol. The van der Waals surface area contributed by atoms with E-state index < -0.39 is 0 Å². The van der Waals surface area contributed by atoms with Gasteiger partial charge in [-0.15, -0.1) is 0 Å². The van der Waals surface area contributed by atoms with Crippen molar-refractivity contribution in [2.24, 2.45) is 5.73 Å². The Kier molecular flexibility index (Phi) is 4.10. The molecule has 1 aromatic rings. The number of hydrogen-bond donors (Lipinski definition) is 2. The Balaban J connectivity index is 1.89. The fourth-order valence-electron chi connectivity index (χ4n) is 3.29. The van der Waals surface area contributed by atoms with Crippen molar-refractivity contribution in [3.05, 3.63) is 22.9 Å². The summed E-state index contributed by atoms with van der Waals surface area (Å²) >= 11 is 0. The molecule has 1 unspecified atom stereocenters. The van der Waals surface area contributed by atoms with E-state index in [9.17, 15) is 0 Å². The predicted octanol–water partition coefficient (Wildman–Crippen LogP) is 1.86. The summed E-state index contributed by atoms with van der Waals surface area (Å²) in [5.41, 5.74) is 8.98. The maximum absolute atomic E-state index is 7.85. The van der Waals surface area contributed by atoms with Gasteiger partial charge in [0.1, 0.15) is 11.7 Å². The van der Waals surface area contributed by atoms with Gasteiger partial charge < -0.3 is 15.4 Å². The Bertz CT molecular complexity index is 537. The Morgan fingerprint density at radius 2 is 2.24 bits per heavy atom. The van der Waals surface area contributed by atoms with Gasteiger partial charge in [-0.1, -0.05) is 0 Å². The molecule has 5 heteroatoms. The molecule has 1 atom stereocenters. The smallest absolute Gasteiger partial charge is 0.139 e. The minimum Gasteiger partial charge on any atom is -0.384 e. The van der Waals surface area contributed by atoms with Crippen molar-refractivity contribution in [1.29, 1.82) is 5.41 Å². The number of anilines is 1. The maximum Gasteiger partial charge on any atom is 0.139 e. The number of hydrogen-bond acceptors (Lipinski definition) is 4. The lowest BCUT2D eigenvalue weighted by molar-refractivity contribution is 0.116. The third kappa shape index (κ3) is 3.02. The number of ether oxygens (including phenoxy) is 1. The normalized spacial score (nSPS) is 21.1. The van der Waals surface area contributed by atoms with Gasteiger partial charge in [-0.25, -0.2) is 4.98 Å². The highest BCUT2D eigenvalue weighted by molar-refractivity contribution is 5.99. The van der Waals surface area contributed by atoms with Crippen LogP contribution in [0.25, 0.3) is 0 Å². The first kappa shape index (κ1) is 14.3. The Morgan fingerprint density at radius 3 is 2.95 bits per heavy atom. The van der Waals surface area contributed by atoms with E-state index in [0.29, 0.717) is 0 Å². The molecule has 1 aromatic heterocycles. The number of rotatable bonds is 4.